The fourth-order valence-corrected chi connectivity index (χ4v) is 4.13. The van der Waals surface area contributed by atoms with Crippen molar-refractivity contribution in [1.82, 2.24) is 9.88 Å². The van der Waals surface area contributed by atoms with Gasteiger partial charge in [-0.25, -0.2) is 4.98 Å². The number of nitrogens with one attached hydrogen (secondary N) is 1. The number of hydrazone groups is 1. The lowest BCUT2D eigenvalue weighted by molar-refractivity contribution is -0.142. The highest BCUT2D eigenvalue weighted by atomic mass is 32.1. The fourth-order valence-electron chi connectivity index (χ4n) is 3.47. The second-order valence-corrected chi connectivity index (χ2v) is 8.43. The molecule has 1 aromatic heterocycles. The average molecular weight is 493 g/mol. The third-order valence-electron chi connectivity index (χ3n) is 5.11. The van der Waals surface area contributed by atoms with Crippen LogP contribution in [0.2, 0.25) is 0 Å². The van der Waals surface area contributed by atoms with Gasteiger partial charge in [0.25, 0.3) is 11.8 Å². The molecule has 0 radical (unpaired) electrons. The van der Waals surface area contributed by atoms with Crippen molar-refractivity contribution >= 4 is 40.5 Å². The van der Waals surface area contributed by atoms with Gasteiger partial charge in [0.15, 0.2) is 0 Å². The van der Waals surface area contributed by atoms with E-state index >= 15 is 0 Å². The second kappa shape index (κ2) is 11.4. The molecule has 2 heterocycles. The van der Waals surface area contributed by atoms with Crippen LogP contribution in [-0.2, 0) is 16.0 Å². The molecule has 2 aromatic carbocycles. The molecule has 1 aliphatic rings. The number of ether oxygens (including phenoxy) is 2. The Kier molecular flexibility index (Phi) is 7.84. The number of hydrogen-bond donors (Lipinski definition) is 1. The predicted octanol–water partition coefficient (Wildman–Crippen LogP) is 3.76. The summed E-state index contributed by atoms with van der Waals surface area (Å²) >= 11 is 1.35. The van der Waals surface area contributed by atoms with Crippen molar-refractivity contribution in [3.05, 3.63) is 76.3 Å². The Morgan fingerprint density at radius 3 is 2.51 bits per heavy atom. The normalized spacial score (nSPS) is 12.8. The summed E-state index contributed by atoms with van der Waals surface area (Å²) in [4.78, 5) is 41.8. The lowest BCUT2D eigenvalue weighted by Crippen LogP contribution is -2.31. The zero-order valence-corrected chi connectivity index (χ0v) is 19.9. The summed E-state index contributed by atoms with van der Waals surface area (Å²) in [5, 5.41) is 6.54. The molecule has 0 aliphatic carbocycles. The summed E-state index contributed by atoms with van der Waals surface area (Å²) in [5.41, 5.74) is 5.26. The number of carbonyl (C=O) groups excluding carboxylic acids is 3. The lowest BCUT2D eigenvalue weighted by Gasteiger charge is -2.14. The molecule has 4 rings (SSSR count). The molecule has 1 N–H and O–H groups in total. The van der Waals surface area contributed by atoms with E-state index in [9.17, 15) is 14.4 Å². The van der Waals surface area contributed by atoms with E-state index < -0.39 is 0 Å². The first kappa shape index (κ1) is 24.1. The van der Waals surface area contributed by atoms with Crippen LogP contribution in [0.1, 0.15) is 45.3 Å². The number of rotatable bonds is 11. The van der Waals surface area contributed by atoms with Gasteiger partial charge >= 0.3 is 5.97 Å². The maximum absolute atomic E-state index is 12.4. The van der Waals surface area contributed by atoms with Gasteiger partial charge in [0.1, 0.15) is 5.75 Å². The summed E-state index contributed by atoms with van der Waals surface area (Å²) in [6.07, 6.45) is 2.32. The van der Waals surface area contributed by atoms with E-state index in [1.165, 1.54) is 16.2 Å². The average Bonchev–Trinajstić information content (AvgIpc) is 3.40. The highest BCUT2D eigenvalue weighted by Crippen LogP contribution is 2.22. The van der Waals surface area contributed by atoms with Crippen LogP contribution >= 0.6 is 11.3 Å². The number of imide groups is 1. The van der Waals surface area contributed by atoms with Gasteiger partial charge in [-0.05, 0) is 55.3 Å². The molecular weight excluding hydrogens is 468 g/mol. The summed E-state index contributed by atoms with van der Waals surface area (Å²) in [5.74, 6) is -0.133. The molecule has 3 aromatic rings. The zero-order valence-electron chi connectivity index (χ0n) is 19.1. The van der Waals surface area contributed by atoms with Gasteiger partial charge < -0.3 is 9.47 Å². The van der Waals surface area contributed by atoms with E-state index in [0.29, 0.717) is 53.9 Å². The quantitative estimate of drug-likeness (QED) is 0.143. The molecule has 0 fully saturated rings. The molecule has 2 amide bonds. The number of esters is 1. The van der Waals surface area contributed by atoms with Gasteiger partial charge in [-0.2, -0.15) is 5.10 Å². The van der Waals surface area contributed by atoms with Crippen molar-refractivity contribution < 1.29 is 23.9 Å². The van der Waals surface area contributed by atoms with Crippen LogP contribution in [0.4, 0.5) is 5.13 Å². The van der Waals surface area contributed by atoms with Crippen LogP contribution in [0.3, 0.4) is 0 Å². The number of amides is 2. The van der Waals surface area contributed by atoms with Crippen molar-refractivity contribution in [3.63, 3.8) is 0 Å². The van der Waals surface area contributed by atoms with Crippen LogP contribution in [-0.4, -0.2) is 53.6 Å². The van der Waals surface area contributed by atoms with Crippen LogP contribution in [0.25, 0.3) is 0 Å². The first-order valence-corrected chi connectivity index (χ1v) is 12.0. The van der Waals surface area contributed by atoms with Gasteiger partial charge in [-0.15, -0.1) is 11.3 Å². The number of benzene rings is 2. The molecule has 180 valence electrons. The van der Waals surface area contributed by atoms with Gasteiger partial charge in [0, 0.05) is 11.9 Å². The molecule has 0 spiro atoms. The Balaban J connectivity index is 1.19. The van der Waals surface area contributed by atoms with Gasteiger partial charge in [0.05, 0.1) is 42.7 Å². The number of carbonyl (C=O) groups is 3. The number of fused-ring (bicyclic) bond motifs is 1. The maximum Gasteiger partial charge on any atom is 0.311 e. The first-order valence-electron chi connectivity index (χ1n) is 11.1. The van der Waals surface area contributed by atoms with Crippen molar-refractivity contribution in [2.45, 2.75) is 19.8 Å². The predicted molar refractivity (Wildman–Crippen MR) is 132 cm³/mol. The largest absolute Gasteiger partial charge is 0.494 e. The van der Waals surface area contributed by atoms with E-state index in [-0.39, 0.29) is 24.2 Å². The van der Waals surface area contributed by atoms with Gasteiger partial charge in [-0.3, -0.25) is 24.7 Å². The highest BCUT2D eigenvalue weighted by molar-refractivity contribution is 7.13. The van der Waals surface area contributed by atoms with E-state index in [0.717, 1.165) is 5.56 Å². The summed E-state index contributed by atoms with van der Waals surface area (Å²) < 4.78 is 10.7. The monoisotopic (exact) mass is 492 g/mol. The maximum atomic E-state index is 12.4. The van der Waals surface area contributed by atoms with Gasteiger partial charge in [-0.1, -0.05) is 12.1 Å². The Hall–Kier alpha value is -4.05. The van der Waals surface area contributed by atoms with E-state index in [4.69, 9.17) is 9.47 Å². The molecule has 0 atom stereocenters. The highest BCUT2D eigenvalue weighted by Gasteiger charge is 2.34. The van der Waals surface area contributed by atoms with Crippen LogP contribution < -0.4 is 10.2 Å². The molecule has 9 nitrogen and oxygen atoms in total. The fraction of sp³-hybridized carbons (Fsp3) is 0.240. The summed E-state index contributed by atoms with van der Waals surface area (Å²) in [7, 11) is 0. The van der Waals surface area contributed by atoms with Crippen molar-refractivity contribution in [1.29, 1.82) is 0 Å². The minimum Gasteiger partial charge on any atom is -0.494 e. The Morgan fingerprint density at radius 2 is 1.83 bits per heavy atom. The molecule has 10 heteroatoms. The Bertz CT molecular complexity index is 1200. The molecule has 0 saturated carbocycles. The minimum absolute atomic E-state index is 0.134. The number of hydrogen-bond acceptors (Lipinski definition) is 9. The first-order chi connectivity index (χ1) is 17.0. The Labute approximate surface area is 206 Å². The second-order valence-electron chi connectivity index (χ2n) is 7.57. The molecule has 0 bridgehead atoms. The minimum atomic E-state index is -0.307. The summed E-state index contributed by atoms with van der Waals surface area (Å²) in [6.45, 7) is 2.79. The van der Waals surface area contributed by atoms with Crippen molar-refractivity contribution in [2.24, 2.45) is 5.10 Å². The van der Waals surface area contributed by atoms with Gasteiger partial charge in [0.2, 0.25) is 5.13 Å². The number of thiazole rings is 1. The van der Waals surface area contributed by atoms with E-state index in [2.05, 4.69) is 15.5 Å². The van der Waals surface area contributed by atoms with E-state index in [1.807, 2.05) is 24.3 Å². The zero-order chi connectivity index (χ0) is 24.6. The summed E-state index contributed by atoms with van der Waals surface area (Å²) in [6, 6.07) is 14.2. The van der Waals surface area contributed by atoms with Crippen LogP contribution in [0.15, 0.2) is 59.0 Å². The third kappa shape index (κ3) is 6.10. The molecule has 35 heavy (non-hydrogen) atoms. The molecular formula is C25H24N4O5S. The van der Waals surface area contributed by atoms with Crippen molar-refractivity contribution in [2.75, 3.05) is 25.2 Å². The Morgan fingerprint density at radius 1 is 1.11 bits per heavy atom. The van der Waals surface area contributed by atoms with Crippen LogP contribution in [0, 0.1) is 0 Å². The van der Waals surface area contributed by atoms with E-state index in [1.54, 1.807) is 42.8 Å². The molecule has 1 aliphatic heterocycles. The standard InChI is InChI=1S/C25H24N4O5S/c1-2-33-22(30)14-18-16-35-25(27-18)28-26-15-17-8-10-19(11-9-17)34-13-5-12-29-23(31)20-6-3-4-7-21(20)24(29)32/h3-4,6-11,15-16H,2,5,12-14H2,1H3,(H,27,28). The third-order valence-corrected chi connectivity index (χ3v) is 5.91. The number of anilines is 1. The SMILES string of the molecule is CCOC(=O)Cc1csc(NN=Cc2ccc(OCCCN3C(=O)c4ccccc4C3=O)cc2)n1. The topological polar surface area (TPSA) is 110 Å². The molecule has 0 unspecified atom stereocenters. The lowest BCUT2D eigenvalue weighted by atomic mass is 10.1. The molecule has 0 saturated heterocycles. The van der Waals surface area contributed by atoms with Crippen LogP contribution in [0.5, 0.6) is 5.75 Å². The number of aromatic nitrogens is 1. The number of nitrogens with zero attached hydrogens (tertiary/aromatic N) is 3. The smallest absolute Gasteiger partial charge is 0.311 e. The van der Waals surface area contributed by atoms with Crippen molar-refractivity contribution in [3.8, 4) is 5.75 Å².